The largest absolute Gasteiger partial charge is 0.495 e. The molecule has 20 heavy (non-hydrogen) atoms. The van der Waals surface area contributed by atoms with Crippen molar-refractivity contribution in [2.75, 3.05) is 7.11 Å². The van der Waals surface area contributed by atoms with Gasteiger partial charge in [0.2, 0.25) is 0 Å². The van der Waals surface area contributed by atoms with Crippen molar-refractivity contribution >= 4 is 28.8 Å². The molecule has 6 heteroatoms. The number of hydrogen-bond acceptors (Lipinski definition) is 3. The second kappa shape index (κ2) is 5.64. The Bertz CT molecular complexity index is 740. The van der Waals surface area contributed by atoms with Crippen molar-refractivity contribution in [1.82, 2.24) is 4.57 Å². The molecule has 0 amide bonds. The summed E-state index contributed by atoms with van der Waals surface area (Å²) < 4.78 is 6.60. The van der Waals surface area contributed by atoms with Crippen LogP contribution >= 0.6 is 23.8 Å². The molecule has 1 aromatic carbocycles. The highest BCUT2D eigenvalue weighted by molar-refractivity contribution is 7.80. The van der Waals surface area contributed by atoms with Crippen molar-refractivity contribution in [3.8, 4) is 17.0 Å². The lowest BCUT2D eigenvalue weighted by Crippen LogP contribution is -2.28. The second-order valence-corrected chi connectivity index (χ2v) is 5.06. The molecule has 0 saturated carbocycles. The van der Waals surface area contributed by atoms with Crippen LogP contribution in [-0.2, 0) is 7.05 Å². The highest BCUT2D eigenvalue weighted by Crippen LogP contribution is 2.29. The van der Waals surface area contributed by atoms with Gasteiger partial charge in [-0.3, -0.25) is 4.79 Å². The van der Waals surface area contributed by atoms with Crippen LogP contribution in [0, 0.1) is 0 Å². The van der Waals surface area contributed by atoms with Gasteiger partial charge in [0.05, 0.1) is 23.4 Å². The molecular formula is C14H13ClN2O2S. The topological polar surface area (TPSA) is 57.2 Å². The third-order valence-corrected chi connectivity index (χ3v) is 3.53. The maximum atomic E-state index is 12.2. The van der Waals surface area contributed by atoms with Crippen molar-refractivity contribution in [3.05, 3.63) is 51.3 Å². The zero-order chi connectivity index (χ0) is 14.9. The summed E-state index contributed by atoms with van der Waals surface area (Å²) in [4.78, 5) is 12.2. The smallest absolute Gasteiger partial charge is 0.261 e. The van der Waals surface area contributed by atoms with Crippen LogP contribution in [-0.4, -0.2) is 16.7 Å². The summed E-state index contributed by atoms with van der Waals surface area (Å²) in [7, 11) is 3.21. The molecule has 1 aromatic heterocycles. The number of nitrogens with two attached hydrogens (primary N) is 1. The minimum atomic E-state index is -0.234. The Kier molecular flexibility index (Phi) is 4.11. The summed E-state index contributed by atoms with van der Waals surface area (Å²) in [6.45, 7) is 0. The van der Waals surface area contributed by atoms with Crippen molar-refractivity contribution in [2.45, 2.75) is 0 Å². The first kappa shape index (κ1) is 14.6. The zero-order valence-electron chi connectivity index (χ0n) is 11.0. The van der Waals surface area contributed by atoms with Crippen LogP contribution in [0.5, 0.6) is 5.75 Å². The standard InChI is InChI=1S/C14H13ClN2O2S/c1-17-11(5-4-9(13(16)20)14(17)18)8-3-6-12(19-2)10(15)7-8/h3-7H,1-2H3,(H2,16,20). The number of halogens is 1. The van der Waals surface area contributed by atoms with E-state index in [1.165, 1.54) is 4.57 Å². The normalized spacial score (nSPS) is 10.3. The van der Waals surface area contributed by atoms with Gasteiger partial charge in [0.1, 0.15) is 10.7 Å². The van der Waals surface area contributed by atoms with E-state index in [0.29, 0.717) is 16.3 Å². The number of benzene rings is 1. The lowest BCUT2D eigenvalue weighted by Gasteiger charge is -2.11. The first-order valence-corrected chi connectivity index (χ1v) is 6.58. The molecule has 0 fully saturated rings. The molecule has 0 aliphatic rings. The molecular weight excluding hydrogens is 296 g/mol. The van der Waals surface area contributed by atoms with Crippen molar-refractivity contribution in [1.29, 1.82) is 0 Å². The Hall–Kier alpha value is -1.85. The summed E-state index contributed by atoms with van der Waals surface area (Å²) in [5.74, 6) is 0.583. The average molecular weight is 309 g/mol. The van der Waals surface area contributed by atoms with E-state index < -0.39 is 0 Å². The second-order valence-electron chi connectivity index (χ2n) is 4.21. The van der Waals surface area contributed by atoms with Gasteiger partial charge in [0, 0.05) is 7.05 Å². The third-order valence-electron chi connectivity index (χ3n) is 3.02. The molecule has 0 radical (unpaired) electrons. The van der Waals surface area contributed by atoms with Gasteiger partial charge in [0.15, 0.2) is 0 Å². The predicted octanol–water partition coefficient (Wildman–Crippen LogP) is 2.35. The number of ether oxygens (including phenoxy) is 1. The van der Waals surface area contributed by atoms with Crippen LogP contribution in [0.3, 0.4) is 0 Å². The van der Waals surface area contributed by atoms with Crippen LogP contribution in [0.4, 0.5) is 0 Å². The summed E-state index contributed by atoms with van der Waals surface area (Å²) in [6.07, 6.45) is 0. The third kappa shape index (κ3) is 2.55. The molecule has 0 saturated heterocycles. The molecule has 2 N–H and O–H groups in total. The fourth-order valence-electron chi connectivity index (χ4n) is 1.94. The van der Waals surface area contributed by atoms with Crippen molar-refractivity contribution < 1.29 is 4.74 Å². The number of hydrogen-bond donors (Lipinski definition) is 1. The Morgan fingerprint density at radius 1 is 1.35 bits per heavy atom. The fraction of sp³-hybridized carbons (Fsp3) is 0.143. The minimum absolute atomic E-state index is 0.0879. The summed E-state index contributed by atoms with van der Waals surface area (Å²) in [6, 6.07) is 8.74. The summed E-state index contributed by atoms with van der Waals surface area (Å²) >= 11 is 10.9. The highest BCUT2D eigenvalue weighted by Gasteiger charge is 2.11. The van der Waals surface area contributed by atoms with E-state index in [1.807, 2.05) is 6.07 Å². The number of pyridine rings is 1. The van der Waals surface area contributed by atoms with Crippen LogP contribution in [0.15, 0.2) is 35.1 Å². The molecule has 0 unspecified atom stereocenters. The number of nitrogens with zero attached hydrogens (tertiary/aromatic N) is 1. The van der Waals surface area contributed by atoms with E-state index in [-0.39, 0.29) is 10.5 Å². The van der Waals surface area contributed by atoms with E-state index >= 15 is 0 Å². The van der Waals surface area contributed by atoms with Gasteiger partial charge >= 0.3 is 0 Å². The highest BCUT2D eigenvalue weighted by atomic mass is 35.5. The van der Waals surface area contributed by atoms with Crippen molar-refractivity contribution in [2.24, 2.45) is 12.8 Å². The van der Waals surface area contributed by atoms with Crippen LogP contribution < -0.4 is 16.0 Å². The number of thiocarbonyl (C=S) groups is 1. The van der Waals surface area contributed by atoms with E-state index in [0.717, 1.165) is 11.3 Å². The lowest BCUT2D eigenvalue weighted by atomic mass is 10.1. The first-order chi connectivity index (χ1) is 9.45. The van der Waals surface area contributed by atoms with Crippen molar-refractivity contribution in [3.63, 3.8) is 0 Å². The van der Waals surface area contributed by atoms with Gasteiger partial charge in [-0.25, -0.2) is 0 Å². The summed E-state index contributed by atoms with van der Waals surface area (Å²) in [5, 5.41) is 0.482. The average Bonchev–Trinajstić information content (AvgIpc) is 2.41. The predicted molar refractivity (Wildman–Crippen MR) is 84.6 cm³/mol. The molecule has 0 aliphatic carbocycles. The quantitative estimate of drug-likeness (QED) is 0.884. The van der Waals surface area contributed by atoms with Gasteiger partial charge < -0.3 is 15.0 Å². The lowest BCUT2D eigenvalue weighted by molar-refractivity contribution is 0.415. The van der Waals surface area contributed by atoms with Crippen LogP contribution in [0.25, 0.3) is 11.3 Å². The number of aromatic nitrogens is 1. The minimum Gasteiger partial charge on any atom is -0.495 e. The van der Waals surface area contributed by atoms with Crippen LogP contribution in [0.2, 0.25) is 5.02 Å². The Morgan fingerprint density at radius 2 is 2.05 bits per heavy atom. The van der Waals surface area contributed by atoms with Gasteiger partial charge in [-0.05, 0) is 35.9 Å². The maximum absolute atomic E-state index is 12.2. The summed E-state index contributed by atoms with van der Waals surface area (Å²) in [5.41, 5.74) is 7.14. The van der Waals surface area contributed by atoms with Crippen LogP contribution in [0.1, 0.15) is 5.56 Å². The first-order valence-electron chi connectivity index (χ1n) is 5.79. The Labute approximate surface area is 126 Å². The van der Waals surface area contributed by atoms with Gasteiger partial charge in [-0.15, -0.1) is 0 Å². The van der Waals surface area contributed by atoms with E-state index in [9.17, 15) is 4.79 Å². The molecule has 0 aliphatic heterocycles. The monoisotopic (exact) mass is 308 g/mol. The zero-order valence-corrected chi connectivity index (χ0v) is 12.6. The molecule has 0 bridgehead atoms. The number of methoxy groups -OCH3 is 1. The van der Waals surface area contributed by atoms with E-state index in [4.69, 9.17) is 34.3 Å². The molecule has 4 nitrogen and oxygen atoms in total. The fourth-order valence-corrected chi connectivity index (χ4v) is 2.35. The maximum Gasteiger partial charge on any atom is 0.261 e. The van der Waals surface area contributed by atoms with E-state index in [1.54, 1.807) is 38.4 Å². The SMILES string of the molecule is COc1ccc(-c2ccc(C(N)=S)c(=O)n2C)cc1Cl. The number of rotatable bonds is 3. The molecule has 0 atom stereocenters. The molecule has 2 aromatic rings. The van der Waals surface area contributed by atoms with Gasteiger partial charge in [0.25, 0.3) is 5.56 Å². The molecule has 104 valence electrons. The Balaban J connectivity index is 2.60. The molecule has 1 heterocycles. The van der Waals surface area contributed by atoms with E-state index in [2.05, 4.69) is 0 Å². The Morgan fingerprint density at radius 3 is 2.60 bits per heavy atom. The molecule has 2 rings (SSSR count). The van der Waals surface area contributed by atoms with Gasteiger partial charge in [-0.2, -0.15) is 0 Å². The van der Waals surface area contributed by atoms with Gasteiger partial charge in [-0.1, -0.05) is 23.8 Å². The molecule has 0 spiro atoms.